The monoisotopic (exact) mass is 383 g/mol. The van der Waals surface area contributed by atoms with Crippen molar-refractivity contribution in [3.63, 3.8) is 0 Å². The maximum atomic E-state index is 12.5. The van der Waals surface area contributed by atoms with Crippen molar-refractivity contribution in [3.8, 4) is 11.8 Å². The molecule has 2 aromatic carbocycles. The van der Waals surface area contributed by atoms with E-state index in [0.717, 1.165) is 33.4 Å². The van der Waals surface area contributed by atoms with Crippen LogP contribution in [0.4, 0.5) is 0 Å². The lowest BCUT2D eigenvalue weighted by molar-refractivity contribution is -0.175. The number of ether oxygens (including phenoxy) is 1. The summed E-state index contributed by atoms with van der Waals surface area (Å²) in [5.74, 6) is 6.44. The summed E-state index contributed by atoms with van der Waals surface area (Å²) >= 11 is 0. The molecule has 3 aliphatic rings. The van der Waals surface area contributed by atoms with Crippen LogP contribution in [0, 0.1) is 11.8 Å². The van der Waals surface area contributed by atoms with E-state index in [0.29, 0.717) is 13.0 Å². The molecule has 3 atom stereocenters. The van der Waals surface area contributed by atoms with Gasteiger partial charge in [0.2, 0.25) is 0 Å². The van der Waals surface area contributed by atoms with Crippen molar-refractivity contribution in [1.29, 1.82) is 0 Å². The summed E-state index contributed by atoms with van der Waals surface area (Å²) in [6.45, 7) is 0.477. The van der Waals surface area contributed by atoms with Gasteiger partial charge in [-0.2, -0.15) is 0 Å². The van der Waals surface area contributed by atoms with Crippen LogP contribution >= 0.6 is 0 Å². The molecule has 0 saturated carbocycles. The minimum absolute atomic E-state index is 0.0695. The third-order valence-electron chi connectivity index (χ3n) is 6.02. The van der Waals surface area contributed by atoms with E-state index in [2.05, 4.69) is 11.8 Å². The Bertz CT molecular complexity index is 1090. The van der Waals surface area contributed by atoms with Gasteiger partial charge in [-0.1, -0.05) is 60.4 Å². The van der Waals surface area contributed by atoms with Crippen LogP contribution in [-0.2, 0) is 9.53 Å². The molecule has 1 aliphatic carbocycles. The molecule has 2 aromatic rings. The number of hydrogen-bond acceptors (Lipinski definition) is 3. The molecule has 1 amide bonds. The average molecular weight is 383 g/mol. The van der Waals surface area contributed by atoms with Crippen LogP contribution in [0.15, 0.2) is 77.4 Å². The zero-order chi connectivity index (χ0) is 20.0. The predicted molar refractivity (Wildman–Crippen MR) is 111 cm³/mol. The second-order valence-electron chi connectivity index (χ2n) is 7.57. The lowest BCUT2D eigenvalue weighted by atomic mass is 9.77. The SMILES string of the molecule is CO[C@H]1C(=O)N2CC3=C(C#Cc4ccccc4)CC3=C(c3ccccc3)[C@@H](O)[C@@H]12. The van der Waals surface area contributed by atoms with E-state index in [1.807, 2.05) is 60.7 Å². The summed E-state index contributed by atoms with van der Waals surface area (Å²) < 4.78 is 5.38. The fourth-order valence-corrected chi connectivity index (χ4v) is 4.48. The maximum absolute atomic E-state index is 12.5. The summed E-state index contributed by atoms with van der Waals surface area (Å²) in [7, 11) is 1.53. The first-order chi connectivity index (χ1) is 14.2. The normalized spacial score (nSPS) is 25.2. The smallest absolute Gasteiger partial charge is 0.254 e. The molecule has 0 aromatic heterocycles. The topological polar surface area (TPSA) is 49.8 Å². The summed E-state index contributed by atoms with van der Waals surface area (Å²) in [5.41, 5.74) is 6.06. The molecule has 0 spiro atoms. The quantitative estimate of drug-likeness (QED) is 0.641. The Balaban J connectivity index is 1.60. The number of carbonyl (C=O) groups is 1. The van der Waals surface area contributed by atoms with Crippen LogP contribution in [0.25, 0.3) is 5.57 Å². The number of methoxy groups -OCH3 is 1. The highest BCUT2D eigenvalue weighted by molar-refractivity contribution is 5.93. The molecular weight excluding hydrogens is 362 g/mol. The van der Waals surface area contributed by atoms with E-state index in [-0.39, 0.29) is 11.9 Å². The first-order valence-corrected chi connectivity index (χ1v) is 9.78. The zero-order valence-corrected chi connectivity index (χ0v) is 16.1. The molecule has 0 bridgehead atoms. The fraction of sp³-hybridized carbons (Fsp3) is 0.240. The minimum Gasteiger partial charge on any atom is -0.386 e. The van der Waals surface area contributed by atoms with Crippen molar-refractivity contribution in [2.45, 2.75) is 24.7 Å². The predicted octanol–water partition coefficient (Wildman–Crippen LogP) is 2.79. The number of rotatable bonds is 2. The fourth-order valence-electron chi connectivity index (χ4n) is 4.48. The molecule has 1 fully saturated rings. The Labute approximate surface area is 170 Å². The van der Waals surface area contributed by atoms with Crippen molar-refractivity contribution in [2.24, 2.45) is 0 Å². The summed E-state index contributed by atoms with van der Waals surface area (Å²) in [4.78, 5) is 14.3. The zero-order valence-electron chi connectivity index (χ0n) is 16.1. The standard InChI is InChI=1S/C25H21NO3/c1-29-24-22-23(27)21(17-10-6-3-7-11-17)19-14-18(20(19)15-26(22)25(24)28)13-12-16-8-4-2-5-9-16/h2-11,22-24,27H,14-15H2,1H3/t22-,23+,24+/m0/s1. The maximum Gasteiger partial charge on any atom is 0.254 e. The van der Waals surface area contributed by atoms with E-state index in [1.54, 1.807) is 4.90 Å². The van der Waals surface area contributed by atoms with E-state index < -0.39 is 12.2 Å². The number of fused-ring (bicyclic) bond motifs is 2. The van der Waals surface area contributed by atoms with E-state index in [9.17, 15) is 9.90 Å². The number of allylic oxidation sites excluding steroid dienone is 1. The molecule has 0 unspecified atom stereocenters. The van der Waals surface area contributed by atoms with Crippen molar-refractivity contribution < 1.29 is 14.6 Å². The van der Waals surface area contributed by atoms with Crippen molar-refractivity contribution >= 4 is 11.5 Å². The number of carbonyl (C=O) groups excluding carboxylic acids is 1. The molecule has 4 heteroatoms. The number of benzene rings is 2. The van der Waals surface area contributed by atoms with E-state index in [4.69, 9.17) is 4.74 Å². The van der Waals surface area contributed by atoms with Crippen LogP contribution in [0.5, 0.6) is 0 Å². The molecule has 4 nitrogen and oxygen atoms in total. The molecule has 1 saturated heterocycles. The average Bonchev–Trinajstić information content (AvgIpc) is 2.82. The minimum atomic E-state index is -0.781. The molecule has 144 valence electrons. The number of nitrogens with zero attached hydrogens (tertiary/aromatic N) is 1. The van der Waals surface area contributed by atoms with Gasteiger partial charge < -0.3 is 14.7 Å². The molecular formula is C25H21NO3. The van der Waals surface area contributed by atoms with Gasteiger partial charge in [-0.05, 0) is 34.4 Å². The van der Waals surface area contributed by atoms with Gasteiger partial charge in [0.15, 0.2) is 6.10 Å². The Morgan fingerprint density at radius 2 is 1.69 bits per heavy atom. The lowest BCUT2D eigenvalue weighted by Crippen LogP contribution is -2.69. The number of aliphatic hydroxyl groups is 1. The largest absolute Gasteiger partial charge is 0.386 e. The Kier molecular flexibility index (Phi) is 4.35. The van der Waals surface area contributed by atoms with Crippen LogP contribution in [0.3, 0.4) is 0 Å². The number of aliphatic hydroxyl groups excluding tert-OH is 1. The van der Waals surface area contributed by atoms with Crippen molar-refractivity contribution in [2.75, 3.05) is 13.7 Å². The van der Waals surface area contributed by atoms with Crippen molar-refractivity contribution in [1.82, 2.24) is 4.90 Å². The molecule has 2 aliphatic heterocycles. The van der Waals surface area contributed by atoms with Crippen LogP contribution in [-0.4, -0.2) is 47.8 Å². The van der Waals surface area contributed by atoms with Gasteiger partial charge in [0.05, 0.1) is 6.04 Å². The number of β-lactam (4-membered cyclic amide) rings is 1. The molecule has 0 radical (unpaired) electrons. The van der Waals surface area contributed by atoms with Gasteiger partial charge in [0.25, 0.3) is 5.91 Å². The second-order valence-corrected chi connectivity index (χ2v) is 7.57. The highest BCUT2D eigenvalue weighted by atomic mass is 16.5. The van der Waals surface area contributed by atoms with Gasteiger partial charge in [0, 0.05) is 31.2 Å². The summed E-state index contributed by atoms with van der Waals surface area (Å²) in [6.07, 6.45) is -0.666. The lowest BCUT2D eigenvalue weighted by Gasteiger charge is -2.47. The number of hydrogen-bond donors (Lipinski definition) is 1. The first-order valence-electron chi connectivity index (χ1n) is 9.78. The van der Waals surface area contributed by atoms with Gasteiger partial charge in [-0.3, -0.25) is 4.79 Å². The first kappa shape index (κ1) is 17.9. The second kappa shape index (κ2) is 7.04. The Morgan fingerprint density at radius 1 is 1.00 bits per heavy atom. The van der Waals surface area contributed by atoms with E-state index in [1.165, 1.54) is 7.11 Å². The van der Waals surface area contributed by atoms with Gasteiger partial charge in [0.1, 0.15) is 6.10 Å². The highest BCUT2D eigenvalue weighted by Gasteiger charge is 2.55. The summed E-state index contributed by atoms with van der Waals surface area (Å²) in [5, 5.41) is 11.2. The van der Waals surface area contributed by atoms with Crippen LogP contribution < -0.4 is 0 Å². The van der Waals surface area contributed by atoms with Gasteiger partial charge in [-0.15, -0.1) is 0 Å². The third kappa shape index (κ3) is 2.82. The van der Waals surface area contributed by atoms with Gasteiger partial charge >= 0.3 is 0 Å². The van der Waals surface area contributed by atoms with Crippen LogP contribution in [0.2, 0.25) is 0 Å². The molecule has 2 heterocycles. The number of amides is 1. The van der Waals surface area contributed by atoms with E-state index >= 15 is 0 Å². The molecule has 5 rings (SSSR count). The van der Waals surface area contributed by atoms with Gasteiger partial charge in [-0.25, -0.2) is 0 Å². The highest BCUT2D eigenvalue weighted by Crippen LogP contribution is 2.47. The Hall–Kier alpha value is -3.13. The molecule has 29 heavy (non-hydrogen) atoms. The third-order valence-corrected chi connectivity index (χ3v) is 6.02. The molecule has 1 N–H and O–H groups in total. The summed E-state index contributed by atoms with van der Waals surface area (Å²) in [6, 6.07) is 19.4. The van der Waals surface area contributed by atoms with Crippen LogP contribution in [0.1, 0.15) is 17.5 Å². The van der Waals surface area contributed by atoms with Crippen molar-refractivity contribution in [3.05, 3.63) is 88.5 Å². The Morgan fingerprint density at radius 3 is 2.38 bits per heavy atom.